The molecule has 8 nitrogen and oxygen atoms in total. The minimum atomic E-state index is -0.833. The quantitative estimate of drug-likeness (QED) is 0.441. The van der Waals surface area contributed by atoms with Crippen molar-refractivity contribution in [2.45, 2.75) is 13.8 Å². The van der Waals surface area contributed by atoms with E-state index in [1.54, 1.807) is 0 Å². The molecule has 0 fully saturated rings. The number of hydrogen-bond donors (Lipinski definition) is 4. The fourth-order valence-corrected chi connectivity index (χ4v) is 0.451. The molecule has 0 bridgehead atoms. The van der Waals surface area contributed by atoms with E-state index in [1.165, 1.54) is 0 Å². The van der Waals surface area contributed by atoms with Crippen LogP contribution in [-0.4, -0.2) is 72.0 Å². The van der Waals surface area contributed by atoms with Gasteiger partial charge in [0.1, 0.15) is 0 Å². The van der Waals surface area contributed by atoms with Gasteiger partial charge in [0.05, 0.1) is 39.6 Å². The Kier molecular flexibility index (Phi) is 25.8. The molecule has 0 unspecified atom stereocenters. The van der Waals surface area contributed by atoms with Crippen molar-refractivity contribution in [2.24, 2.45) is 0 Å². The van der Waals surface area contributed by atoms with E-state index < -0.39 is 11.9 Å². The van der Waals surface area contributed by atoms with E-state index in [1.807, 2.05) is 0 Å². The lowest BCUT2D eigenvalue weighted by atomic mass is 10.7. The minimum Gasteiger partial charge on any atom is -0.481 e. The zero-order chi connectivity index (χ0) is 14.8. The fourth-order valence-electron chi connectivity index (χ4n) is 0.451. The summed E-state index contributed by atoms with van der Waals surface area (Å²) in [5.41, 5.74) is 0. The van der Waals surface area contributed by atoms with Crippen LogP contribution in [0.5, 0.6) is 0 Å². The molecule has 0 heterocycles. The summed E-state index contributed by atoms with van der Waals surface area (Å²) in [6.45, 7) is 3.89. The average Bonchev–Trinajstić information content (AvgIpc) is 2.22. The number of hydrogen-bond acceptors (Lipinski definition) is 6. The molecule has 0 aliphatic heterocycles. The predicted molar refractivity (Wildman–Crippen MR) is 62.4 cm³/mol. The lowest BCUT2D eigenvalue weighted by Gasteiger charge is -2.01. The number of rotatable bonds is 7. The van der Waals surface area contributed by atoms with Gasteiger partial charge in [0, 0.05) is 13.8 Å². The van der Waals surface area contributed by atoms with Crippen LogP contribution in [0.2, 0.25) is 0 Å². The van der Waals surface area contributed by atoms with Gasteiger partial charge in [-0.15, -0.1) is 0 Å². The molecule has 0 aromatic carbocycles. The van der Waals surface area contributed by atoms with Crippen LogP contribution >= 0.6 is 0 Å². The zero-order valence-corrected chi connectivity index (χ0v) is 10.7. The lowest BCUT2D eigenvalue weighted by molar-refractivity contribution is -0.135. The number of aliphatic carboxylic acids is 2. The Bertz CT molecular complexity index is 155. The highest BCUT2D eigenvalue weighted by Gasteiger charge is 1.86. The smallest absolute Gasteiger partial charge is 0.300 e. The van der Waals surface area contributed by atoms with Crippen molar-refractivity contribution < 1.29 is 39.5 Å². The van der Waals surface area contributed by atoms with E-state index >= 15 is 0 Å². The van der Waals surface area contributed by atoms with Crippen molar-refractivity contribution in [3.63, 3.8) is 0 Å². The van der Waals surface area contributed by atoms with Gasteiger partial charge in [0.2, 0.25) is 0 Å². The summed E-state index contributed by atoms with van der Waals surface area (Å²) in [5, 5.41) is 31.4. The van der Waals surface area contributed by atoms with Crippen molar-refractivity contribution in [3.8, 4) is 0 Å². The first-order valence-electron chi connectivity index (χ1n) is 5.14. The summed E-state index contributed by atoms with van der Waals surface area (Å²) >= 11 is 0. The number of aliphatic hydroxyl groups excluding tert-OH is 2. The SMILES string of the molecule is CC(=O)O.CC(=O)O.OCCOCCOCCO. The van der Waals surface area contributed by atoms with Crippen molar-refractivity contribution >= 4 is 11.9 Å². The van der Waals surface area contributed by atoms with E-state index in [0.717, 1.165) is 13.8 Å². The van der Waals surface area contributed by atoms with Crippen molar-refractivity contribution in [1.29, 1.82) is 0 Å². The Morgan fingerprint density at radius 3 is 1.17 bits per heavy atom. The zero-order valence-electron chi connectivity index (χ0n) is 10.7. The van der Waals surface area contributed by atoms with Gasteiger partial charge < -0.3 is 29.9 Å². The van der Waals surface area contributed by atoms with Crippen molar-refractivity contribution in [3.05, 3.63) is 0 Å². The van der Waals surface area contributed by atoms with Gasteiger partial charge in [0.15, 0.2) is 0 Å². The minimum absolute atomic E-state index is 0.0417. The van der Waals surface area contributed by atoms with Crippen LogP contribution in [0.4, 0.5) is 0 Å². The largest absolute Gasteiger partial charge is 0.481 e. The van der Waals surface area contributed by atoms with Crippen molar-refractivity contribution in [1.82, 2.24) is 0 Å². The van der Waals surface area contributed by atoms with Gasteiger partial charge in [0.25, 0.3) is 11.9 Å². The summed E-state index contributed by atoms with van der Waals surface area (Å²) in [6, 6.07) is 0. The Balaban J connectivity index is -0.000000233. The number of ether oxygens (including phenoxy) is 2. The molecule has 0 aromatic rings. The number of carboxylic acids is 2. The van der Waals surface area contributed by atoms with Gasteiger partial charge in [-0.3, -0.25) is 9.59 Å². The molecule has 0 saturated heterocycles. The summed E-state index contributed by atoms with van der Waals surface area (Å²) < 4.78 is 9.75. The average molecular weight is 270 g/mol. The third-order valence-corrected chi connectivity index (χ3v) is 0.843. The number of carboxylic acid groups (broad SMARTS) is 2. The first-order chi connectivity index (χ1) is 8.38. The Hall–Kier alpha value is -1.22. The monoisotopic (exact) mass is 270 g/mol. The van der Waals surface area contributed by atoms with Crippen LogP contribution in [0.1, 0.15) is 13.8 Å². The second-order valence-electron chi connectivity index (χ2n) is 2.71. The maximum absolute atomic E-state index is 9.00. The van der Waals surface area contributed by atoms with Crippen LogP contribution < -0.4 is 0 Å². The Morgan fingerprint density at radius 1 is 0.778 bits per heavy atom. The molecule has 0 spiro atoms. The van der Waals surface area contributed by atoms with E-state index in [4.69, 9.17) is 39.5 Å². The predicted octanol–water partition coefficient (Wildman–Crippen LogP) is -0.814. The van der Waals surface area contributed by atoms with Crippen LogP contribution in [0, 0.1) is 0 Å². The first kappa shape index (κ1) is 22.0. The topological polar surface area (TPSA) is 134 Å². The molecular weight excluding hydrogens is 248 g/mol. The van der Waals surface area contributed by atoms with Crippen LogP contribution in [-0.2, 0) is 19.1 Å². The highest BCUT2D eigenvalue weighted by molar-refractivity contribution is 5.63. The molecule has 0 aliphatic carbocycles. The number of aliphatic hydroxyl groups is 2. The molecule has 0 saturated carbocycles. The molecule has 4 N–H and O–H groups in total. The van der Waals surface area contributed by atoms with Gasteiger partial charge in [-0.25, -0.2) is 0 Å². The van der Waals surface area contributed by atoms with Gasteiger partial charge in [-0.2, -0.15) is 0 Å². The summed E-state index contributed by atoms with van der Waals surface area (Å²) in [7, 11) is 0. The van der Waals surface area contributed by atoms with E-state index in [0.29, 0.717) is 26.4 Å². The summed E-state index contributed by atoms with van der Waals surface area (Å²) in [4.78, 5) is 18.0. The molecule has 110 valence electrons. The van der Waals surface area contributed by atoms with Crippen LogP contribution in [0.25, 0.3) is 0 Å². The van der Waals surface area contributed by atoms with Gasteiger partial charge in [-0.1, -0.05) is 0 Å². The third kappa shape index (κ3) is 84.0. The maximum Gasteiger partial charge on any atom is 0.300 e. The highest BCUT2D eigenvalue weighted by Crippen LogP contribution is 1.76. The molecule has 0 aromatic heterocycles. The first-order valence-corrected chi connectivity index (χ1v) is 5.14. The molecule has 18 heavy (non-hydrogen) atoms. The molecule has 0 atom stereocenters. The highest BCUT2D eigenvalue weighted by atomic mass is 16.5. The molecule has 8 heteroatoms. The molecular formula is C10H22O8. The van der Waals surface area contributed by atoms with Crippen LogP contribution in [0.3, 0.4) is 0 Å². The summed E-state index contributed by atoms with van der Waals surface area (Å²) in [5.74, 6) is -1.67. The number of carbonyl (C=O) groups is 2. The molecule has 0 aliphatic rings. The maximum atomic E-state index is 9.00. The van der Waals surface area contributed by atoms with Gasteiger partial charge >= 0.3 is 0 Å². The van der Waals surface area contributed by atoms with Gasteiger partial charge in [-0.05, 0) is 0 Å². The van der Waals surface area contributed by atoms with Crippen molar-refractivity contribution in [2.75, 3.05) is 39.6 Å². The second-order valence-corrected chi connectivity index (χ2v) is 2.71. The Labute approximate surface area is 106 Å². The molecule has 0 rings (SSSR count). The Morgan fingerprint density at radius 2 is 1.00 bits per heavy atom. The second kappa shape index (κ2) is 21.1. The molecule has 0 amide bonds. The van der Waals surface area contributed by atoms with E-state index in [-0.39, 0.29) is 13.2 Å². The lowest BCUT2D eigenvalue weighted by Crippen LogP contribution is -2.09. The normalized spacial score (nSPS) is 8.44. The van der Waals surface area contributed by atoms with Crippen LogP contribution in [0.15, 0.2) is 0 Å². The van der Waals surface area contributed by atoms with E-state index in [2.05, 4.69) is 0 Å². The summed E-state index contributed by atoms with van der Waals surface area (Å²) in [6.07, 6.45) is 0. The van der Waals surface area contributed by atoms with E-state index in [9.17, 15) is 0 Å². The standard InChI is InChI=1S/C6H14O4.2C2H4O2/c7-1-3-9-5-6-10-4-2-8;2*1-2(3)4/h7-8H,1-6H2;2*1H3,(H,3,4). The molecule has 0 radical (unpaired) electrons. The third-order valence-electron chi connectivity index (χ3n) is 0.843. The fraction of sp³-hybridized carbons (Fsp3) is 0.800.